The van der Waals surface area contributed by atoms with E-state index in [1.807, 2.05) is 0 Å². The highest BCUT2D eigenvalue weighted by atomic mass is 16.5. The molecule has 0 saturated carbocycles. The van der Waals surface area contributed by atoms with Crippen molar-refractivity contribution in [3.63, 3.8) is 0 Å². The van der Waals surface area contributed by atoms with Crippen molar-refractivity contribution < 1.29 is 9.53 Å². The van der Waals surface area contributed by atoms with Crippen LogP contribution in [0.4, 0.5) is 0 Å². The van der Waals surface area contributed by atoms with Crippen molar-refractivity contribution in [3.8, 4) is 0 Å². The molecular formula is C9H11NO3. The Morgan fingerprint density at radius 2 is 2.23 bits per heavy atom. The predicted octanol–water partition coefficient (Wildman–Crippen LogP) is 0.655. The molecule has 0 fully saturated rings. The molecule has 0 aliphatic rings. The lowest BCUT2D eigenvalue weighted by Gasteiger charge is -2.04. The number of carbonyl (C=O) groups excluding carboxylic acids is 1. The number of nitrogens with zero attached hydrogens (tertiary/aromatic N) is 1. The minimum atomic E-state index is -0.174. The second-order valence-corrected chi connectivity index (χ2v) is 2.70. The van der Waals surface area contributed by atoms with E-state index in [9.17, 15) is 9.59 Å². The van der Waals surface area contributed by atoms with Crippen molar-refractivity contribution in [1.82, 2.24) is 4.57 Å². The summed E-state index contributed by atoms with van der Waals surface area (Å²) in [4.78, 5) is 22.1. The SMILES string of the molecule is COCn1cc(C(C)=O)ccc1=O. The van der Waals surface area contributed by atoms with Crippen molar-refractivity contribution in [2.45, 2.75) is 13.7 Å². The smallest absolute Gasteiger partial charge is 0.252 e. The van der Waals surface area contributed by atoms with E-state index in [1.54, 1.807) is 0 Å². The summed E-state index contributed by atoms with van der Waals surface area (Å²) in [7, 11) is 1.49. The number of rotatable bonds is 3. The molecule has 0 aliphatic carbocycles. The van der Waals surface area contributed by atoms with Crippen LogP contribution in [-0.4, -0.2) is 17.5 Å². The molecule has 0 unspecified atom stereocenters. The van der Waals surface area contributed by atoms with E-state index in [4.69, 9.17) is 4.74 Å². The summed E-state index contributed by atoms with van der Waals surface area (Å²) >= 11 is 0. The number of pyridine rings is 1. The molecule has 0 atom stereocenters. The van der Waals surface area contributed by atoms with Gasteiger partial charge in [0.2, 0.25) is 0 Å². The molecular weight excluding hydrogens is 170 g/mol. The predicted molar refractivity (Wildman–Crippen MR) is 47.7 cm³/mol. The van der Waals surface area contributed by atoms with Crippen LogP contribution in [0.1, 0.15) is 17.3 Å². The summed E-state index contributed by atoms with van der Waals surface area (Å²) in [5.41, 5.74) is 0.337. The van der Waals surface area contributed by atoms with E-state index < -0.39 is 0 Å². The summed E-state index contributed by atoms with van der Waals surface area (Å²) in [5.74, 6) is -0.0650. The third kappa shape index (κ3) is 2.26. The molecule has 1 aromatic heterocycles. The average Bonchev–Trinajstić information content (AvgIpc) is 2.08. The molecule has 0 aromatic carbocycles. The van der Waals surface area contributed by atoms with Gasteiger partial charge in [0, 0.05) is 24.9 Å². The number of carbonyl (C=O) groups is 1. The summed E-state index contributed by atoms with van der Waals surface area (Å²) in [6.45, 7) is 1.62. The minimum Gasteiger partial charge on any atom is -0.364 e. The Labute approximate surface area is 75.8 Å². The molecule has 4 heteroatoms. The van der Waals surface area contributed by atoms with Crippen molar-refractivity contribution >= 4 is 5.78 Å². The first kappa shape index (κ1) is 9.67. The second kappa shape index (κ2) is 4.00. The van der Waals surface area contributed by atoms with Crippen LogP contribution in [0.25, 0.3) is 0 Å². The van der Waals surface area contributed by atoms with E-state index in [1.165, 1.54) is 36.9 Å². The summed E-state index contributed by atoms with van der Waals surface area (Å²) in [5, 5.41) is 0. The van der Waals surface area contributed by atoms with Crippen LogP contribution in [0.5, 0.6) is 0 Å². The highest BCUT2D eigenvalue weighted by molar-refractivity contribution is 5.93. The van der Waals surface area contributed by atoms with Crippen molar-refractivity contribution in [2.24, 2.45) is 0 Å². The van der Waals surface area contributed by atoms with Crippen LogP contribution in [0.15, 0.2) is 23.1 Å². The zero-order valence-corrected chi connectivity index (χ0v) is 7.61. The first-order chi connectivity index (χ1) is 6.15. The second-order valence-electron chi connectivity index (χ2n) is 2.70. The molecule has 0 aliphatic heterocycles. The van der Waals surface area contributed by atoms with Gasteiger partial charge < -0.3 is 4.74 Å². The van der Waals surface area contributed by atoms with Gasteiger partial charge in [-0.25, -0.2) is 0 Å². The number of ether oxygens (including phenoxy) is 1. The van der Waals surface area contributed by atoms with Gasteiger partial charge in [0.25, 0.3) is 5.56 Å². The lowest BCUT2D eigenvalue weighted by Crippen LogP contribution is -2.20. The maximum Gasteiger partial charge on any atom is 0.252 e. The van der Waals surface area contributed by atoms with Crippen LogP contribution in [0, 0.1) is 0 Å². The number of aromatic nitrogens is 1. The van der Waals surface area contributed by atoms with E-state index >= 15 is 0 Å². The highest BCUT2D eigenvalue weighted by Gasteiger charge is 2.01. The number of hydrogen-bond donors (Lipinski definition) is 0. The molecule has 0 saturated heterocycles. The van der Waals surface area contributed by atoms with Gasteiger partial charge in [0.1, 0.15) is 6.73 Å². The van der Waals surface area contributed by atoms with Crippen molar-refractivity contribution in [3.05, 3.63) is 34.2 Å². The fourth-order valence-electron chi connectivity index (χ4n) is 0.980. The minimum absolute atomic E-state index is 0.0650. The highest BCUT2D eigenvalue weighted by Crippen LogP contribution is 1.96. The van der Waals surface area contributed by atoms with Gasteiger partial charge in [-0.2, -0.15) is 0 Å². The van der Waals surface area contributed by atoms with Crippen LogP contribution < -0.4 is 5.56 Å². The molecule has 1 heterocycles. The lowest BCUT2D eigenvalue weighted by molar-refractivity contribution is 0.101. The van der Waals surface area contributed by atoms with E-state index in [0.29, 0.717) is 5.56 Å². The topological polar surface area (TPSA) is 48.3 Å². The fraction of sp³-hybridized carbons (Fsp3) is 0.333. The molecule has 70 valence electrons. The molecule has 4 nitrogen and oxygen atoms in total. The molecule has 1 rings (SSSR count). The van der Waals surface area contributed by atoms with Crippen LogP contribution in [0.2, 0.25) is 0 Å². The quantitative estimate of drug-likeness (QED) is 0.643. The largest absolute Gasteiger partial charge is 0.364 e. The van der Waals surface area contributed by atoms with E-state index in [0.717, 1.165) is 0 Å². The summed E-state index contributed by atoms with van der Waals surface area (Å²) in [6, 6.07) is 2.87. The lowest BCUT2D eigenvalue weighted by atomic mass is 10.2. The van der Waals surface area contributed by atoms with Crippen LogP contribution >= 0.6 is 0 Å². The third-order valence-corrected chi connectivity index (χ3v) is 1.66. The van der Waals surface area contributed by atoms with Crippen molar-refractivity contribution in [1.29, 1.82) is 0 Å². The fourth-order valence-corrected chi connectivity index (χ4v) is 0.980. The van der Waals surface area contributed by atoms with Gasteiger partial charge in [0.05, 0.1) is 0 Å². The van der Waals surface area contributed by atoms with Gasteiger partial charge in [-0.05, 0) is 13.0 Å². The van der Waals surface area contributed by atoms with Crippen molar-refractivity contribution in [2.75, 3.05) is 7.11 Å². The number of methoxy groups -OCH3 is 1. The van der Waals surface area contributed by atoms with Crippen LogP contribution in [0.3, 0.4) is 0 Å². The number of ketones is 1. The Kier molecular flexibility index (Phi) is 2.97. The Hall–Kier alpha value is -1.42. The Morgan fingerprint density at radius 3 is 2.77 bits per heavy atom. The van der Waals surface area contributed by atoms with E-state index in [-0.39, 0.29) is 18.1 Å². The maximum atomic E-state index is 11.2. The molecule has 1 aromatic rings. The van der Waals surface area contributed by atoms with Gasteiger partial charge >= 0.3 is 0 Å². The number of hydrogen-bond acceptors (Lipinski definition) is 3. The molecule has 13 heavy (non-hydrogen) atoms. The first-order valence-electron chi connectivity index (χ1n) is 3.85. The molecule has 0 N–H and O–H groups in total. The number of Topliss-reactive ketones (excluding diaryl/α,β-unsaturated/α-hetero) is 1. The zero-order chi connectivity index (χ0) is 9.84. The van der Waals surface area contributed by atoms with Gasteiger partial charge in [0.15, 0.2) is 5.78 Å². The molecule has 0 bridgehead atoms. The summed E-state index contributed by atoms with van der Waals surface area (Å²) in [6.07, 6.45) is 1.49. The Balaban J connectivity index is 3.11. The zero-order valence-electron chi connectivity index (χ0n) is 7.61. The normalized spacial score (nSPS) is 10.0. The Morgan fingerprint density at radius 1 is 1.54 bits per heavy atom. The van der Waals surface area contributed by atoms with E-state index in [2.05, 4.69) is 0 Å². The monoisotopic (exact) mass is 181 g/mol. The van der Waals surface area contributed by atoms with Gasteiger partial charge in [-0.3, -0.25) is 14.2 Å². The average molecular weight is 181 g/mol. The van der Waals surface area contributed by atoms with Crippen LogP contribution in [-0.2, 0) is 11.5 Å². The first-order valence-corrected chi connectivity index (χ1v) is 3.85. The standard InChI is InChI=1S/C9H11NO3/c1-7(11)8-3-4-9(12)10(5-8)6-13-2/h3-5H,6H2,1-2H3. The van der Waals surface area contributed by atoms with Gasteiger partial charge in [-0.1, -0.05) is 0 Å². The molecule has 0 radical (unpaired) electrons. The van der Waals surface area contributed by atoms with Gasteiger partial charge in [-0.15, -0.1) is 0 Å². The molecule has 0 amide bonds. The maximum absolute atomic E-state index is 11.2. The third-order valence-electron chi connectivity index (χ3n) is 1.66. The summed E-state index contributed by atoms with van der Waals surface area (Å²) < 4.78 is 6.14. The molecule has 0 spiro atoms. The Bertz CT molecular complexity index is 367.